The molecule has 0 fully saturated rings. The summed E-state index contributed by atoms with van der Waals surface area (Å²) in [7, 11) is 0. The van der Waals surface area contributed by atoms with E-state index in [2.05, 4.69) is 39.7 Å². The first-order valence-electron chi connectivity index (χ1n) is 6.47. The molecule has 0 atom stereocenters. The van der Waals surface area contributed by atoms with E-state index in [0.717, 1.165) is 28.0 Å². The van der Waals surface area contributed by atoms with Crippen molar-refractivity contribution >= 4 is 28.1 Å². The van der Waals surface area contributed by atoms with Gasteiger partial charge in [0.2, 0.25) is 0 Å². The minimum Gasteiger partial charge on any atom is -0.346 e. The van der Waals surface area contributed by atoms with Gasteiger partial charge in [-0.25, -0.2) is 9.37 Å². The zero-order valence-corrected chi connectivity index (χ0v) is 13.8. The van der Waals surface area contributed by atoms with E-state index in [-0.39, 0.29) is 5.82 Å². The first-order chi connectivity index (χ1) is 9.45. The van der Waals surface area contributed by atoms with Gasteiger partial charge in [-0.3, -0.25) is 0 Å². The van der Waals surface area contributed by atoms with Gasteiger partial charge in [-0.1, -0.05) is 38.2 Å². The minimum absolute atomic E-state index is 0.231. The molecular formula is C15H16BrFN2S. The summed E-state index contributed by atoms with van der Waals surface area (Å²) in [5.74, 6) is 1.10. The molecule has 0 spiro atoms. The average molecular weight is 355 g/mol. The lowest BCUT2D eigenvalue weighted by molar-refractivity contribution is 0.625. The number of nitrogens with one attached hydrogen (secondary N) is 1. The third-order valence-electron chi connectivity index (χ3n) is 2.88. The Hall–Kier alpha value is -1.07. The van der Waals surface area contributed by atoms with Crippen molar-refractivity contribution < 1.29 is 4.39 Å². The molecule has 0 unspecified atom stereocenters. The Morgan fingerprint density at radius 1 is 1.30 bits per heavy atom. The Labute approximate surface area is 131 Å². The number of benzene rings is 1. The summed E-state index contributed by atoms with van der Waals surface area (Å²) in [5.41, 5.74) is 2.07. The number of nitrogens with zero attached hydrogens (tertiary/aromatic N) is 1. The zero-order chi connectivity index (χ0) is 14.7. The number of aromatic amines is 1. The summed E-state index contributed by atoms with van der Waals surface area (Å²) >= 11 is 8.77. The fraction of sp³-hybridized carbons (Fsp3) is 0.333. The number of hydrogen-bond donors (Lipinski definition) is 1. The highest BCUT2D eigenvalue weighted by Gasteiger charge is 2.09. The van der Waals surface area contributed by atoms with E-state index in [1.54, 1.807) is 12.1 Å². The Bertz CT molecular complexity index is 650. The second-order valence-corrected chi connectivity index (χ2v) is 6.36. The largest absolute Gasteiger partial charge is 0.346 e. The molecule has 0 saturated carbocycles. The van der Waals surface area contributed by atoms with E-state index in [1.807, 2.05) is 0 Å². The van der Waals surface area contributed by atoms with Crippen molar-refractivity contribution in [3.05, 3.63) is 56.3 Å². The number of halogens is 2. The lowest BCUT2D eigenvalue weighted by Gasteiger charge is -2.10. The second-order valence-electron chi connectivity index (χ2n) is 5.18. The van der Waals surface area contributed by atoms with E-state index in [0.29, 0.717) is 17.0 Å². The molecule has 20 heavy (non-hydrogen) atoms. The van der Waals surface area contributed by atoms with Crippen LogP contribution in [0.2, 0.25) is 0 Å². The van der Waals surface area contributed by atoms with Crippen molar-refractivity contribution in [2.45, 2.75) is 26.7 Å². The number of aromatic nitrogens is 2. The summed E-state index contributed by atoms with van der Waals surface area (Å²) in [5, 5.41) is 0. The lowest BCUT2D eigenvalue weighted by Crippen LogP contribution is -2.05. The van der Waals surface area contributed by atoms with Crippen LogP contribution in [0.4, 0.5) is 4.39 Å². The van der Waals surface area contributed by atoms with E-state index in [1.165, 1.54) is 12.1 Å². The Morgan fingerprint density at radius 2 is 1.95 bits per heavy atom. The predicted octanol–water partition coefficient (Wildman–Crippen LogP) is 4.83. The Kier molecular flexibility index (Phi) is 5.05. The van der Waals surface area contributed by atoms with Crippen LogP contribution in [0.15, 0.2) is 28.7 Å². The molecule has 0 aliphatic rings. The van der Waals surface area contributed by atoms with Gasteiger partial charge >= 0.3 is 0 Å². The molecule has 0 saturated heterocycles. The SMILES string of the molecule is CC(C)Cc1[nH]c(Cc2ccc(F)cc2)nc(=S)c1Br. The smallest absolute Gasteiger partial charge is 0.144 e. The van der Waals surface area contributed by atoms with E-state index >= 15 is 0 Å². The molecule has 0 aliphatic carbocycles. The molecule has 0 bridgehead atoms. The minimum atomic E-state index is -0.231. The van der Waals surface area contributed by atoms with Gasteiger partial charge < -0.3 is 4.98 Å². The van der Waals surface area contributed by atoms with Crippen LogP contribution in [-0.2, 0) is 12.8 Å². The van der Waals surface area contributed by atoms with Crippen LogP contribution in [-0.4, -0.2) is 9.97 Å². The third-order valence-corrected chi connectivity index (χ3v) is 4.29. The van der Waals surface area contributed by atoms with E-state index < -0.39 is 0 Å². The zero-order valence-electron chi connectivity index (χ0n) is 11.4. The van der Waals surface area contributed by atoms with Crippen molar-refractivity contribution in [3.63, 3.8) is 0 Å². The fourth-order valence-electron chi connectivity index (χ4n) is 1.99. The van der Waals surface area contributed by atoms with Crippen LogP contribution >= 0.6 is 28.1 Å². The first kappa shape index (κ1) is 15.3. The molecular weight excluding hydrogens is 339 g/mol. The molecule has 2 rings (SSSR count). The molecule has 1 N–H and O–H groups in total. The van der Waals surface area contributed by atoms with Gasteiger partial charge in [0.1, 0.15) is 16.3 Å². The monoisotopic (exact) mass is 354 g/mol. The molecule has 0 amide bonds. The maximum Gasteiger partial charge on any atom is 0.144 e. The summed E-state index contributed by atoms with van der Waals surface area (Å²) in [6.07, 6.45) is 1.52. The van der Waals surface area contributed by atoms with Crippen LogP contribution in [0.5, 0.6) is 0 Å². The molecule has 0 radical (unpaired) electrons. The summed E-state index contributed by atoms with van der Waals surface area (Å²) < 4.78 is 14.3. The molecule has 2 nitrogen and oxygen atoms in total. The second kappa shape index (κ2) is 6.59. The van der Waals surface area contributed by atoms with Gasteiger partial charge in [-0.15, -0.1) is 0 Å². The highest BCUT2D eigenvalue weighted by Crippen LogP contribution is 2.20. The van der Waals surface area contributed by atoms with Gasteiger partial charge in [0.15, 0.2) is 0 Å². The summed E-state index contributed by atoms with van der Waals surface area (Å²) in [6, 6.07) is 6.44. The molecule has 5 heteroatoms. The molecule has 1 aromatic heterocycles. The quantitative estimate of drug-likeness (QED) is 0.796. The van der Waals surface area contributed by atoms with Gasteiger partial charge in [0.25, 0.3) is 0 Å². The highest BCUT2D eigenvalue weighted by molar-refractivity contribution is 9.10. The third kappa shape index (κ3) is 3.96. The highest BCUT2D eigenvalue weighted by atomic mass is 79.9. The summed E-state index contributed by atoms with van der Waals surface area (Å²) in [6.45, 7) is 4.31. The Balaban J connectivity index is 2.30. The first-order valence-corrected chi connectivity index (χ1v) is 7.68. The van der Waals surface area contributed by atoms with Crippen LogP contribution in [0.3, 0.4) is 0 Å². The molecule has 0 aliphatic heterocycles. The fourth-order valence-corrected chi connectivity index (χ4v) is 2.57. The lowest BCUT2D eigenvalue weighted by atomic mass is 10.1. The van der Waals surface area contributed by atoms with Crippen molar-refractivity contribution in [1.29, 1.82) is 0 Å². The molecule has 1 aromatic carbocycles. The van der Waals surface area contributed by atoms with Gasteiger partial charge in [-0.05, 0) is 46.0 Å². The number of H-pyrrole nitrogens is 1. The van der Waals surface area contributed by atoms with Crippen molar-refractivity contribution in [2.24, 2.45) is 5.92 Å². The average Bonchev–Trinajstić information content (AvgIpc) is 2.37. The predicted molar refractivity (Wildman–Crippen MR) is 84.9 cm³/mol. The van der Waals surface area contributed by atoms with Crippen LogP contribution in [0.25, 0.3) is 0 Å². The topological polar surface area (TPSA) is 28.7 Å². The van der Waals surface area contributed by atoms with Gasteiger partial charge in [0.05, 0.1) is 4.47 Å². The maximum atomic E-state index is 12.9. The maximum absolute atomic E-state index is 12.9. The van der Waals surface area contributed by atoms with Crippen LogP contribution in [0, 0.1) is 16.4 Å². The van der Waals surface area contributed by atoms with Crippen LogP contribution in [0.1, 0.15) is 30.9 Å². The van der Waals surface area contributed by atoms with E-state index in [4.69, 9.17) is 12.2 Å². The van der Waals surface area contributed by atoms with E-state index in [9.17, 15) is 4.39 Å². The van der Waals surface area contributed by atoms with Gasteiger partial charge in [0, 0.05) is 12.1 Å². The number of hydrogen-bond acceptors (Lipinski definition) is 2. The normalized spacial score (nSPS) is 11.1. The standard InChI is InChI=1S/C15H16BrFN2S/c1-9(2)7-12-14(16)15(20)19-13(18-12)8-10-3-5-11(17)6-4-10/h3-6,9H,7-8H2,1-2H3,(H,18,19,20). The van der Waals surface area contributed by atoms with Gasteiger partial charge in [-0.2, -0.15) is 0 Å². The van der Waals surface area contributed by atoms with Crippen molar-refractivity contribution in [2.75, 3.05) is 0 Å². The van der Waals surface area contributed by atoms with Crippen LogP contribution < -0.4 is 0 Å². The van der Waals surface area contributed by atoms with Crippen molar-refractivity contribution in [1.82, 2.24) is 9.97 Å². The molecule has 2 aromatic rings. The summed E-state index contributed by atoms with van der Waals surface area (Å²) in [4.78, 5) is 7.71. The number of rotatable bonds is 4. The molecule has 1 heterocycles. The van der Waals surface area contributed by atoms with Crippen molar-refractivity contribution in [3.8, 4) is 0 Å². The molecule has 106 valence electrons. The Morgan fingerprint density at radius 3 is 2.55 bits per heavy atom.